The molecule has 1 aliphatic rings. The van der Waals surface area contributed by atoms with Crippen molar-refractivity contribution in [3.8, 4) is 0 Å². The van der Waals surface area contributed by atoms with Crippen LogP contribution in [-0.4, -0.2) is 37.8 Å². The average Bonchev–Trinajstić information content (AvgIpc) is 2.34. The van der Waals surface area contributed by atoms with Gasteiger partial charge in [0.15, 0.2) is 0 Å². The van der Waals surface area contributed by atoms with Crippen molar-refractivity contribution < 1.29 is 0 Å². The Labute approximate surface area is 95.1 Å². The molecule has 0 bridgehead atoms. The Kier molecular flexibility index (Phi) is 12.4. The second kappa shape index (κ2) is 11.2. The van der Waals surface area contributed by atoms with Crippen molar-refractivity contribution in [3.63, 3.8) is 0 Å². The second-order valence-corrected chi connectivity index (χ2v) is 2.85. The number of nitrogens with zero attached hydrogens (tertiary/aromatic N) is 2. The maximum absolute atomic E-state index is 5.46. The van der Waals surface area contributed by atoms with E-state index in [1.54, 1.807) is 6.20 Å². The molecular weight excluding hydrogens is 186 g/mol. The molecule has 3 nitrogen and oxygen atoms in total. The van der Waals surface area contributed by atoms with Gasteiger partial charge in [-0.25, -0.2) is 0 Å². The minimum atomic E-state index is 0.934. The van der Waals surface area contributed by atoms with Crippen molar-refractivity contribution in [2.75, 3.05) is 27.2 Å². The minimum absolute atomic E-state index is 0.934. The van der Waals surface area contributed by atoms with Crippen LogP contribution in [0.2, 0.25) is 0 Å². The molecular formula is C12H27N3. The highest BCUT2D eigenvalue weighted by Gasteiger charge is 2.15. The number of rotatable bonds is 0. The molecule has 2 N–H and O–H groups in total. The highest BCUT2D eigenvalue weighted by Crippen LogP contribution is 2.10. The molecule has 0 amide bonds. The average molecular weight is 213 g/mol. The van der Waals surface area contributed by atoms with Crippen molar-refractivity contribution in [1.82, 2.24) is 4.90 Å². The van der Waals surface area contributed by atoms with Crippen LogP contribution >= 0.6 is 0 Å². The van der Waals surface area contributed by atoms with E-state index in [-0.39, 0.29) is 0 Å². The van der Waals surface area contributed by atoms with Crippen LogP contribution in [0.5, 0.6) is 0 Å². The standard InChI is InChI=1S/C8H15N3.2C2H6/c1-10-8-3-4-11(2)6-7(8)5-9;2*1-2/h5H,3-4,6,9H2,1-2H3;2*1-2H3/b7-5-,10-8?;;. The lowest BCUT2D eigenvalue weighted by Crippen LogP contribution is -2.33. The SMILES string of the molecule is CC.CC.CN=C1CCN(C)C/C1=C/N. The molecule has 0 saturated carbocycles. The van der Waals surface area contributed by atoms with E-state index in [1.807, 2.05) is 34.7 Å². The van der Waals surface area contributed by atoms with Gasteiger partial charge in [-0.15, -0.1) is 0 Å². The van der Waals surface area contributed by atoms with Crippen LogP contribution in [0.15, 0.2) is 16.8 Å². The van der Waals surface area contributed by atoms with Gasteiger partial charge < -0.3 is 10.6 Å². The molecule has 0 aromatic carbocycles. The van der Waals surface area contributed by atoms with Gasteiger partial charge in [0.1, 0.15) is 0 Å². The van der Waals surface area contributed by atoms with Crippen molar-refractivity contribution >= 4 is 5.71 Å². The Morgan fingerprint density at radius 2 is 1.80 bits per heavy atom. The third-order valence-corrected chi connectivity index (χ3v) is 2.01. The van der Waals surface area contributed by atoms with Crippen molar-refractivity contribution in [2.45, 2.75) is 34.1 Å². The van der Waals surface area contributed by atoms with Crippen LogP contribution in [0.4, 0.5) is 0 Å². The fourth-order valence-electron chi connectivity index (χ4n) is 1.32. The van der Waals surface area contributed by atoms with Gasteiger partial charge in [-0.05, 0) is 7.05 Å². The van der Waals surface area contributed by atoms with E-state index >= 15 is 0 Å². The number of likely N-dealkylation sites (N-methyl/N-ethyl adjacent to an activating group) is 1. The summed E-state index contributed by atoms with van der Waals surface area (Å²) in [7, 11) is 3.92. The van der Waals surface area contributed by atoms with Gasteiger partial charge in [-0.3, -0.25) is 4.99 Å². The molecule has 0 radical (unpaired) electrons. The summed E-state index contributed by atoms with van der Waals surface area (Å²) in [6.07, 6.45) is 2.69. The van der Waals surface area contributed by atoms with Gasteiger partial charge in [0.25, 0.3) is 0 Å². The van der Waals surface area contributed by atoms with Crippen molar-refractivity contribution in [1.29, 1.82) is 0 Å². The predicted octanol–water partition coefficient (Wildman–Crippen LogP) is 2.29. The Morgan fingerprint density at radius 1 is 1.27 bits per heavy atom. The fourth-order valence-corrected chi connectivity index (χ4v) is 1.32. The largest absolute Gasteiger partial charge is 0.404 e. The molecule has 3 heteroatoms. The minimum Gasteiger partial charge on any atom is -0.404 e. The van der Waals surface area contributed by atoms with Crippen molar-refractivity contribution in [3.05, 3.63) is 11.8 Å². The van der Waals surface area contributed by atoms with E-state index in [4.69, 9.17) is 5.73 Å². The lowest BCUT2D eigenvalue weighted by Gasteiger charge is -2.25. The summed E-state index contributed by atoms with van der Waals surface area (Å²) in [6.45, 7) is 10.0. The van der Waals surface area contributed by atoms with Gasteiger partial charge in [0.05, 0.1) is 0 Å². The first-order valence-electron chi connectivity index (χ1n) is 5.83. The summed E-state index contributed by atoms with van der Waals surface area (Å²) in [4.78, 5) is 6.42. The summed E-state index contributed by atoms with van der Waals surface area (Å²) in [5, 5.41) is 0. The highest BCUT2D eigenvalue weighted by atomic mass is 15.1. The molecule has 0 atom stereocenters. The first-order chi connectivity index (χ1) is 7.27. The summed E-state index contributed by atoms with van der Waals surface area (Å²) >= 11 is 0. The molecule has 15 heavy (non-hydrogen) atoms. The molecule has 90 valence electrons. The van der Waals surface area contributed by atoms with E-state index in [1.165, 1.54) is 5.57 Å². The van der Waals surface area contributed by atoms with Crippen molar-refractivity contribution in [2.24, 2.45) is 10.7 Å². The monoisotopic (exact) mass is 213 g/mol. The number of piperidine rings is 1. The zero-order valence-electron chi connectivity index (χ0n) is 11.2. The van der Waals surface area contributed by atoms with Crippen LogP contribution in [0.25, 0.3) is 0 Å². The molecule has 1 aliphatic heterocycles. The Bertz CT molecular complexity index is 195. The Hall–Kier alpha value is -0.830. The maximum Gasteiger partial charge on any atom is 0.0416 e. The molecule has 1 rings (SSSR count). The lowest BCUT2D eigenvalue weighted by atomic mass is 10.0. The maximum atomic E-state index is 5.46. The summed E-state index contributed by atoms with van der Waals surface area (Å²) < 4.78 is 0. The topological polar surface area (TPSA) is 41.6 Å². The van der Waals surface area contributed by atoms with Crippen LogP contribution in [0, 0.1) is 0 Å². The normalized spacial score (nSPS) is 21.5. The fraction of sp³-hybridized carbons (Fsp3) is 0.750. The quantitative estimate of drug-likeness (QED) is 0.671. The van der Waals surface area contributed by atoms with Gasteiger partial charge in [0, 0.05) is 44.0 Å². The lowest BCUT2D eigenvalue weighted by molar-refractivity contribution is 0.364. The van der Waals surface area contributed by atoms with E-state index in [9.17, 15) is 0 Å². The predicted molar refractivity (Wildman–Crippen MR) is 70.4 cm³/mol. The summed E-state index contributed by atoms with van der Waals surface area (Å²) in [5.41, 5.74) is 7.79. The van der Waals surface area contributed by atoms with Crippen LogP contribution < -0.4 is 5.73 Å². The number of hydrogen-bond donors (Lipinski definition) is 1. The van der Waals surface area contributed by atoms with Crippen LogP contribution in [0.1, 0.15) is 34.1 Å². The van der Waals surface area contributed by atoms with Gasteiger partial charge in [-0.1, -0.05) is 27.7 Å². The zero-order valence-corrected chi connectivity index (χ0v) is 11.2. The Balaban J connectivity index is 0. The van der Waals surface area contributed by atoms with Crippen LogP contribution in [0.3, 0.4) is 0 Å². The first-order valence-corrected chi connectivity index (χ1v) is 5.83. The van der Waals surface area contributed by atoms with Crippen LogP contribution in [-0.2, 0) is 0 Å². The van der Waals surface area contributed by atoms with Gasteiger partial charge in [-0.2, -0.15) is 0 Å². The zero-order chi connectivity index (χ0) is 12.3. The summed E-state index contributed by atoms with van der Waals surface area (Å²) in [6, 6.07) is 0. The first kappa shape index (κ1) is 16.6. The Morgan fingerprint density at radius 3 is 2.20 bits per heavy atom. The number of likely N-dealkylation sites (tertiary alicyclic amines) is 1. The van der Waals surface area contributed by atoms with E-state index < -0.39 is 0 Å². The summed E-state index contributed by atoms with van der Waals surface area (Å²) in [5.74, 6) is 0. The molecule has 0 aliphatic carbocycles. The molecule has 0 aromatic rings. The molecule has 0 unspecified atom stereocenters. The van der Waals surface area contributed by atoms with Gasteiger partial charge >= 0.3 is 0 Å². The molecule has 1 fully saturated rings. The third-order valence-electron chi connectivity index (χ3n) is 2.01. The van der Waals surface area contributed by atoms with E-state index in [0.29, 0.717) is 0 Å². The van der Waals surface area contributed by atoms with E-state index in [0.717, 1.165) is 25.2 Å². The second-order valence-electron chi connectivity index (χ2n) is 2.85. The van der Waals surface area contributed by atoms with E-state index in [2.05, 4.69) is 16.9 Å². The number of nitrogens with two attached hydrogens (primary N) is 1. The molecule has 0 aromatic heterocycles. The molecule has 1 saturated heterocycles. The molecule has 0 spiro atoms. The third kappa shape index (κ3) is 6.28. The number of hydrogen-bond acceptors (Lipinski definition) is 3. The molecule has 1 heterocycles. The number of aliphatic imine (C=N–C) groups is 1. The highest BCUT2D eigenvalue weighted by molar-refractivity contribution is 6.01. The smallest absolute Gasteiger partial charge is 0.0416 e. The van der Waals surface area contributed by atoms with Gasteiger partial charge in [0.2, 0.25) is 0 Å².